The molecule has 4 aromatic carbocycles. The van der Waals surface area contributed by atoms with Crippen molar-refractivity contribution in [2.45, 2.75) is 13.2 Å². The van der Waals surface area contributed by atoms with Gasteiger partial charge in [-0.05, 0) is 48.5 Å². The second kappa shape index (κ2) is 11.9. The van der Waals surface area contributed by atoms with Crippen molar-refractivity contribution in [2.75, 3.05) is 0 Å². The number of aromatic carboxylic acids is 1. The van der Waals surface area contributed by atoms with Crippen molar-refractivity contribution in [3.63, 3.8) is 0 Å². The van der Waals surface area contributed by atoms with Gasteiger partial charge >= 0.3 is 5.97 Å². The molecule has 9 heteroatoms. The summed E-state index contributed by atoms with van der Waals surface area (Å²) in [6.07, 6.45) is 0. The van der Waals surface area contributed by atoms with Crippen LogP contribution >= 0.6 is 15.9 Å². The third-order valence-electron chi connectivity index (χ3n) is 7.27. The Labute approximate surface area is 264 Å². The highest BCUT2D eigenvalue weighted by molar-refractivity contribution is 9.10. The van der Waals surface area contributed by atoms with E-state index >= 15 is 0 Å². The minimum Gasteiger partial charge on any atom is -0.487 e. The number of para-hydroxylation sites is 2. The van der Waals surface area contributed by atoms with E-state index in [1.807, 2.05) is 72.8 Å². The molecule has 220 valence electrons. The van der Waals surface area contributed by atoms with E-state index in [0.29, 0.717) is 21.5 Å². The summed E-state index contributed by atoms with van der Waals surface area (Å²) in [4.78, 5) is 34.5. The Balaban J connectivity index is 1.26. The number of benzene rings is 4. The Morgan fingerprint density at radius 2 is 1.31 bits per heavy atom. The molecule has 0 fully saturated rings. The van der Waals surface area contributed by atoms with Gasteiger partial charge in [-0.25, -0.2) is 14.8 Å². The van der Waals surface area contributed by atoms with Crippen molar-refractivity contribution in [1.29, 1.82) is 0 Å². The minimum atomic E-state index is -1.21. The predicted octanol–water partition coefficient (Wildman–Crippen LogP) is 8.18. The maximum Gasteiger partial charge on any atom is 0.339 e. The van der Waals surface area contributed by atoms with Crippen LogP contribution in [0.2, 0.25) is 0 Å². The van der Waals surface area contributed by atoms with Crippen LogP contribution in [-0.2, 0) is 13.2 Å². The number of nitrogens with zero attached hydrogens (tertiary/aromatic N) is 2. The van der Waals surface area contributed by atoms with Crippen LogP contribution in [0.25, 0.3) is 44.1 Å². The molecule has 0 saturated heterocycles. The third-order valence-corrected chi connectivity index (χ3v) is 7.73. The summed E-state index contributed by atoms with van der Waals surface area (Å²) in [6.45, 7) is 0.359. The van der Waals surface area contributed by atoms with E-state index < -0.39 is 5.97 Å². The fourth-order valence-electron chi connectivity index (χ4n) is 5.10. The first-order chi connectivity index (χ1) is 21.9. The molecule has 0 aliphatic rings. The predicted molar refractivity (Wildman–Crippen MR) is 175 cm³/mol. The zero-order valence-corrected chi connectivity index (χ0v) is 25.2. The molecule has 45 heavy (non-hydrogen) atoms. The number of halogens is 1. The van der Waals surface area contributed by atoms with Crippen molar-refractivity contribution in [2.24, 2.45) is 0 Å². The summed E-state index contributed by atoms with van der Waals surface area (Å²) in [6, 6.07) is 32.9. The lowest BCUT2D eigenvalue weighted by molar-refractivity contribution is 0.0697. The summed E-state index contributed by atoms with van der Waals surface area (Å²) >= 11 is 3.28. The van der Waals surface area contributed by atoms with Crippen LogP contribution in [0.4, 0.5) is 0 Å². The molecule has 8 nitrogen and oxygen atoms in total. The van der Waals surface area contributed by atoms with Gasteiger partial charge in [0.05, 0.1) is 27.8 Å². The van der Waals surface area contributed by atoms with E-state index in [2.05, 4.69) is 25.9 Å². The maximum absolute atomic E-state index is 13.2. The Morgan fingerprint density at radius 1 is 0.733 bits per heavy atom. The number of hydrogen-bond donors (Lipinski definition) is 1. The Kier molecular flexibility index (Phi) is 7.44. The fourth-order valence-corrected chi connectivity index (χ4v) is 5.55. The lowest BCUT2D eigenvalue weighted by Crippen LogP contribution is -2.06. The van der Waals surface area contributed by atoms with Gasteiger partial charge in [-0.3, -0.25) is 4.79 Å². The van der Waals surface area contributed by atoms with Gasteiger partial charge in [0.1, 0.15) is 36.0 Å². The molecule has 7 rings (SSSR count). The van der Waals surface area contributed by atoms with E-state index in [4.69, 9.17) is 13.9 Å². The second-order valence-electron chi connectivity index (χ2n) is 10.4. The van der Waals surface area contributed by atoms with Crippen LogP contribution in [0.5, 0.6) is 11.5 Å². The zero-order valence-electron chi connectivity index (χ0n) is 23.6. The number of pyridine rings is 2. The molecule has 0 saturated carbocycles. The largest absolute Gasteiger partial charge is 0.487 e. The molecule has 0 amide bonds. The van der Waals surface area contributed by atoms with Gasteiger partial charge < -0.3 is 19.0 Å². The highest BCUT2D eigenvalue weighted by Gasteiger charge is 2.18. The number of rotatable bonds is 8. The molecular weight excluding hydrogens is 636 g/mol. The van der Waals surface area contributed by atoms with E-state index in [0.717, 1.165) is 33.2 Å². The zero-order chi connectivity index (χ0) is 30.9. The van der Waals surface area contributed by atoms with Gasteiger partial charge in [0.2, 0.25) is 0 Å². The number of carbonyl (C=O) groups is 1. The summed E-state index contributed by atoms with van der Waals surface area (Å²) in [5, 5.41) is 12.0. The van der Waals surface area contributed by atoms with Crippen LogP contribution in [0.1, 0.15) is 21.7 Å². The molecule has 0 bridgehead atoms. The normalized spacial score (nSPS) is 11.2. The van der Waals surface area contributed by atoms with Gasteiger partial charge in [0, 0.05) is 32.9 Å². The van der Waals surface area contributed by atoms with E-state index in [9.17, 15) is 14.7 Å². The molecule has 3 aromatic heterocycles. The summed E-state index contributed by atoms with van der Waals surface area (Å²) in [7, 11) is 0. The number of hydrogen-bond acceptors (Lipinski definition) is 7. The second-order valence-corrected chi connectivity index (χ2v) is 11.3. The van der Waals surface area contributed by atoms with Crippen LogP contribution in [-0.4, -0.2) is 21.0 Å². The van der Waals surface area contributed by atoms with Crippen LogP contribution < -0.4 is 14.9 Å². The number of carboxylic acids is 1. The van der Waals surface area contributed by atoms with E-state index in [1.54, 1.807) is 24.3 Å². The van der Waals surface area contributed by atoms with Gasteiger partial charge in [-0.2, -0.15) is 0 Å². The van der Waals surface area contributed by atoms with Crippen molar-refractivity contribution in [1.82, 2.24) is 9.97 Å². The van der Waals surface area contributed by atoms with Crippen molar-refractivity contribution in [3.8, 4) is 22.8 Å². The Bertz CT molecular complexity index is 2220. The van der Waals surface area contributed by atoms with Gasteiger partial charge in [-0.1, -0.05) is 64.5 Å². The summed E-state index contributed by atoms with van der Waals surface area (Å²) < 4.78 is 18.9. The van der Waals surface area contributed by atoms with Gasteiger partial charge in [0.25, 0.3) is 0 Å². The molecule has 0 aliphatic heterocycles. The van der Waals surface area contributed by atoms with Crippen LogP contribution in [0, 0.1) is 0 Å². The average molecular weight is 659 g/mol. The molecule has 3 heterocycles. The number of ether oxygens (including phenoxy) is 2. The van der Waals surface area contributed by atoms with Crippen molar-refractivity contribution in [3.05, 3.63) is 141 Å². The first-order valence-corrected chi connectivity index (χ1v) is 14.8. The fraction of sp³-hybridized carbons (Fsp3) is 0.0556. The first kappa shape index (κ1) is 28.2. The third kappa shape index (κ3) is 5.98. The molecular formula is C36H23BrN2O6. The molecule has 0 radical (unpaired) electrons. The Morgan fingerprint density at radius 3 is 1.89 bits per heavy atom. The number of carboxylic acid groups (broad SMARTS) is 1. The van der Waals surface area contributed by atoms with Crippen LogP contribution in [0.3, 0.4) is 0 Å². The standard InChI is InChI=1S/C36H23BrN2O6/c37-24-15-29-33(40)18-34(45-35(29)30(16-24)36(41)42)23-13-27(43-19-25-11-9-21-5-1-3-7-31(21)38-25)17-28(14-23)44-20-26-12-10-22-6-2-4-8-32(22)39-26/h1-18H,19-20H2,(H,41,42). The smallest absolute Gasteiger partial charge is 0.339 e. The first-order valence-electron chi connectivity index (χ1n) is 14.0. The summed E-state index contributed by atoms with van der Waals surface area (Å²) in [5.74, 6) is -0.157. The SMILES string of the molecule is O=C(O)c1cc(Br)cc2c(=O)cc(-c3cc(OCc4ccc5ccccc5n4)cc(OCc4ccc5ccccc5n4)c3)oc12. The van der Waals surface area contributed by atoms with Gasteiger partial charge in [-0.15, -0.1) is 0 Å². The molecule has 1 N–H and O–H groups in total. The lowest BCUT2D eigenvalue weighted by atomic mass is 10.1. The minimum absolute atomic E-state index is 0.0253. The lowest BCUT2D eigenvalue weighted by Gasteiger charge is -2.13. The maximum atomic E-state index is 13.2. The molecule has 0 unspecified atom stereocenters. The van der Waals surface area contributed by atoms with Crippen molar-refractivity contribution < 1.29 is 23.8 Å². The topological polar surface area (TPSA) is 112 Å². The molecule has 7 aromatic rings. The summed E-state index contributed by atoms with van der Waals surface area (Å²) in [5.41, 5.74) is 3.11. The number of fused-ring (bicyclic) bond motifs is 3. The van der Waals surface area contributed by atoms with E-state index in [1.165, 1.54) is 12.1 Å². The van der Waals surface area contributed by atoms with Gasteiger partial charge in [0.15, 0.2) is 11.0 Å². The quantitative estimate of drug-likeness (QED) is 0.174. The number of aromatic nitrogens is 2. The monoisotopic (exact) mass is 658 g/mol. The highest BCUT2D eigenvalue weighted by Crippen LogP contribution is 2.33. The molecule has 0 spiro atoms. The van der Waals surface area contributed by atoms with E-state index in [-0.39, 0.29) is 40.9 Å². The molecule has 0 atom stereocenters. The molecule has 0 aliphatic carbocycles. The highest BCUT2D eigenvalue weighted by atomic mass is 79.9. The van der Waals surface area contributed by atoms with Crippen LogP contribution in [0.15, 0.2) is 123 Å². The average Bonchev–Trinajstić information content (AvgIpc) is 3.06. The van der Waals surface area contributed by atoms with Crippen molar-refractivity contribution >= 4 is 54.7 Å². The Hall–Kier alpha value is -5.54.